The molecule has 1 rings (SSSR count). The van der Waals surface area contributed by atoms with Crippen LogP contribution in [0.1, 0.15) is 20.3 Å². The number of β-amino-alcohol motifs (C(OH)–C–C–N with tert-alkyl or cyclic N) is 1. The highest BCUT2D eigenvalue weighted by atomic mass is 16.3. The van der Waals surface area contributed by atoms with E-state index in [1.165, 1.54) is 6.92 Å². The number of rotatable bonds is 3. The van der Waals surface area contributed by atoms with E-state index >= 15 is 0 Å². The molecule has 0 bridgehead atoms. The molecule has 1 heterocycles. The van der Waals surface area contributed by atoms with Gasteiger partial charge in [0.1, 0.15) is 0 Å². The molecule has 0 spiro atoms. The van der Waals surface area contributed by atoms with E-state index in [1.807, 2.05) is 0 Å². The van der Waals surface area contributed by atoms with Crippen LogP contribution in [0.5, 0.6) is 0 Å². The Balaban J connectivity index is 2.24. The molecule has 0 aromatic carbocycles. The number of carbonyl (C=O) groups excluding carboxylic acids is 1. The Bertz CT molecular complexity index is 182. The van der Waals surface area contributed by atoms with E-state index in [-0.39, 0.29) is 18.1 Å². The second-order valence-electron chi connectivity index (χ2n) is 3.79. The van der Waals surface area contributed by atoms with Crippen LogP contribution in [0.15, 0.2) is 0 Å². The standard InChI is InChI=1S/C9H18N2O2/c1-7(12)5-11-4-3-9(6-11)10-8(2)13/h7,9,12H,3-6H2,1-2H3,(H,10,13). The van der Waals surface area contributed by atoms with Gasteiger partial charge in [-0.25, -0.2) is 0 Å². The average Bonchev–Trinajstić information content (AvgIpc) is 2.33. The van der Waals surface area contributed by atoms with Gasteiger partial charge in [-0.15, -0.1) is 0 Å². The molecular weight excluding hydrogens is 168 g/mol. The molecule has 1 saturated heterocycles. The SMILES string of the molecule is CC(=O)NC1CCN(CC(C)O)C1. The van der Waals surface area contributed by atoms with Gasteiger partial charge in [-0.3, -0.25) is 9.69 Å². The molecule has 1 aliphatic rings. The normalized spacial score (nSPS) is 25.9. The Kier molecular flexibility index (Phi) is 3.69. The first-order valence-electron chi connectivity index (χ1n) is 4.75. The van der Waals surface area contributed by atoms with Crippen LogP contribution in [0.25, 0.3) is 0 Å². The van der Waals surface area contributed by atoms with Crippen molar-refractivity contribution in [3.63, 3.8) is 0 Å². The molecule has 0 aliphatic carbocycles. The van der Waals surface area contributed by atoms with E-state index < -0.39 is 0 Å². The molecule has 2 unspecified atom stereocenters. The average molecular weight is 186 g/mol. The molecule has 4 nitrogen and oxygen atoms in total. The monoisotopic (exact) mass is 186 g/mol. The van der Waals surface area contributed by atoms with Crippen molar-refractivity contribution < 1.29 is 9.90 Å². The number of nitrogens with one attached hydrogen (secondary N) is 1. The number of hydrogen-bond acceptors (Lipinski definition) is 3. The summed E-state index contributed by atoms with van der Waals surface area (Å²) >= 11 is 0. The van der Waals surface area contributed by atoms with Crippen LogP contribution < -0.4 is 5.32 Å². The Hall–Kier alpha value is -0.610. The van der Waals surface area contributed by atoms with Crippen molar-refractivity contribution in [1.82, 2.24) is 10.2 Å². The topological polar surface area (TPSA) is 52.6 Å². The van der Waals surface area contributed by atoms with Gasteiger partial charge in [0.25, 0.3) is 0 Å². The molecule has 1 fully saturated rings. The molecule has 0 saturated carbocycles. The van der Waals surface area contributed by atoms with Gasteiger partial charge in [0, 0.05) is 32.6 Å². The maximum atomic E-state index is 10.7. The van der Waals surface area contributed by atoms with E-state index in [2.05, 4.69) is 10.2 Å². The summed E-state index contributed by atoms with van der Waals surface area (Å²) in [7, 11) is 0. The fourth-order valence-corrected chi connectivity index (χ4v) is 1.78. The van der Waals surface area contributed by atoms with Crippen LogP contribution in [0.4, 0.5) is 0 Å². The minimum atomic E-state index is -0.281. The molecule has 76 valence electrons. The summed E-state index contributed by atoms with van der Waals surface area (Å²) < 4.78 is 0. The summed E-state index contributed by atoms with van der Waals surface area (Å²) in [5, 5.41) is 12.0. The molecule has 0 radical (unpaired) electrons. The van der Waals surface area contributed by atoms with Crippen molar-refractivity contribution in [2.24, 2.45) is 0 Å². The summed E-state index contributed by atoms with van der Waals surface area (Å²) in [4.78, 5) is 12.9. The summed E-state index contributed by atoms with van der Waals surface area (Å²) in [5.74, 6) is 0.0314. The second kappa shape index (κ2) is 4.58. The Morgan fingerprint density at radius 2 is 2.46 bits per heavy atom. The predicted molar refractivity (Wildman–Crippen MR) is 50.3 cm³/mol. The first-order valence-corrected chi connectivity index (χ1v) is 4.75. The third kappa shape index (κ3) is 3.74. The minimum absolute atomic E-state index is 0.0314. The fraction of sp³-hybridized carbons (Fsp3) is 0.889. The van der Waals surface area contributed by atoms with Crippen molar-refractivity contribution in [3.05, 3.63) is 0 Å². The van der Waals surface area contributed by atoms with Gasteiger partial charge in [-0.1, -0.05) is 0 Å². The van der Waals surface area contributed by atoms with E-state index in [1.54, 1.807) is 6.92 Å². The summed E-state index contributed by atoms with van der Waals surface area (Å²) in [6.07, 6.45) is 0.711. The van der Waals surface area contributed by atoms with Crippen LogP contribution in [-0.4, -0.2) is 47.7 Å². The Labute approximate surface area is 78.9 Å². The number of aliphatic hydroxyl groups excluding tert-OH is 1. The predicted octanol–water partition coefficient (Wildman–Crippen LogP) is -0.422. The largest absolute Gasteiger partial charge is 0.392 e. The molecule has 2 N–H and O–H groups in total. The molecule has 0 aromatic heterocycles. The highest BCUT2D eigenvalue weighted by Gasteiger charge is 2.23. The number of carbonyl (C=O) groups is 1. The van der Waals surface area contributed by atoms with Crippen molar-refractivity contribution in [1.29, 1.82) is 0 Å². The van der Waals surface area contributed by atoms with E-state index in [0.29, 0.717) is 6.54 Å². The summed E-state index contributed by atoms with van der Waals surface area (Å²) in [6.45, 7) is 5.86. The Morgan fingerprint density at radius 1 is 1.77 bits per heavy atom. The van der Waals surface area contributed by atoms with Crippen LogP contribution in [0.3, 0.4) is 0 Å². The van der Waals surface area contributed by atoms with Crippen molar-refractivity contribution in [3.8, 4) is 0 Å². The highest BCUT2D eigenvalue weighted by molar-refractivity contribution is 5.73. The number of aliphatic hydroxyl groups is 1. The maximum Gasteiger partial charge on any atom is 0.217 e. The third-order valence-corrected chi connectivity index (χ3v) is 2.20. The van der Waals surface area contributed by atoms with Gasteiger partial charge < -0.3 is 10.4 Å². The molecule has 1 amide bonds. The van der Waals surface area contributed by atoms with Gasteiger partial charge in [0.05, 0.1) is 6.10 Å². The first kappa shape index (κ1) is 10.5. The van der Waals surface area contributed by atoms with Crippen molar-refractivity contribution in [2.45, 2.75) is 32.4 Å². The highest BCUT2D eigenvalue weighted by Crippen LogP contribution is 2.09. The first-order chi connectivity index (χ1) is 6.08. The van der Waals surface area contributed by atoms with Crippen LogP contribution in [0, 0.1) is 0 Å². The van der Waals surface area contributed by atoms with Crippen molar-refractivity contribution >= 4 is 5.91 Å². The van der Waals surface area contributed by atoms with E-state index in [9.17, 15) is 4.79 Å². The summed E-state index contributed by atoms with van der Waals surface area (Å²) in [6, 6.07) is 0.274. The summed E-state index contributed by atoms with van der Waals surface area (Å²) in [5.41, 5.74) is 0. The van der Waals surface area contributed by atoms with Gasteiger partial charge in [0.2, 0.25) is 5.91 Å². The quantitative estimate of drug-likeness (QED) is 0.629. The van der Waals surface area contributed by atoms with Gasteiger partial charge >= 0.3 is 0 Å². The second-order valence-corrected chi connectivity index (χ2v) is 3.79. The maximum absolute atomic E-state index is 10.7. The number of nitrogens with zero attached hydrogens (tertiary/aromatic N) is 1. The number of amides is 1. The molecule has 13 heavy (non-hydrogen) atoms. The molecule has 0 aromatic rings. The lowest BCUT2D eigenvalue weighted by molar-refractivity contribution is -0.119. The van der Waals surface area contributed by atoms with E-state index in [0.717, 1.165) is 19.5 Å². The van der Waals surface area contributed by atoms with Crippen LogP contribution in [-0.2, 0) is 4.79 Å². The van der Waals surface area contributed by atoms with Gasteiger partial charge in [-0.05, 0) is 13.3 Å². The lowest BCUT2D eigenvalue weighted by atomic mass is 10.2. The van der Waals surface area contributed by atoms with E-state index in [4.69, 9.17) is 5.11 Å². The van der Waals surface area contributed by atoms with Gasteiger partial charge in [0.15, 0.2) is 0 Å². The van der Waals surface area contributed by atoms with Crippen molar-refractivity contribution in [2.75, 3.05) is 19.6 Å². The molecule has 4 heteroatoms. The molecule has 1 aliphatic heterocycles. The molecule has 2 atom stereocenters. The number of likely N-dealkylation sites (tertiary alicyclic amines) is 1. The number of hydrogen-bond donors (Lipinski definition) is 2. The van der Waals surface area contributed by atoms with Crippen LogP contribution >= 0.6 is 0 Å². The fourth-order valence-electron chi connectivity index (χ4n) is 1.78. The molecular formula is C9H18N2O2. The lowest BCUT2D eigenvalue weighted by Crippen LogP contribution is -2.37. The lowest BCUT2D eigenvalue weighted by Gasteiger charge is -2.17. The zero-order valence-electron chi connectivity index (χ0n) is 8.29. The smallest absolute Gasteiger partial charge is 0.217 e. The Morgan fingerprint density at radius 3 is 3.00 bits per heavy atom. The zero-order valence-corrected chi connectivity index (χ0v) is 8.29. The minimum Gasteiger partial charge on any atom is -0.392 e. The third-order valence-electron chi connectivity index (χ3n) is 2.20. The van der Waals surface area contributed by atoms with Crippen LogP contribution in [0.2, 0.25) is 0 Å². The zero-order chi connectivity index (χ0) is 9.84. The van der Waals surface area contributed by atoms with Gasteiger partial charge in [-0.2, -0.15) is 0 Å².